The number of halogens is 1. The van der Waals surface area contributed by atoms with Gasteiger partial charge < -0.3 is 29.3 Å². The molecule has 4 atom stereocenters. The van der Waals surface area contributed by atoms with Gasteiger partial charge in [0.2, 0.25) is 5.88 Å². The highest BCUT2D eigenvalue weighted by Gasteiger charge is 2.48. The molecule has 6 rings (SSSR count). The van der Waals surface area contributed by atoms with Crippen molar-refractivity contribution in [2.24, 2.45) is 0 Å². The Morgan fingerprint density at radius 1 is 1.05 bits per heavy atom. The van der Waals surface area contributed by atoms with Gasteiger partial charge in [0, 0.05) is 41.4 Å². The number of thiophene rings is 1. The summed E-state index contributed by atoms with van der Waals surface area (Å²) in [6, 6.07) is 11.3. The number of likely N-dealkylation sites (tertiary alicyclic amines) is 1. The average molecular weight is 543 g/mol. The zero-order valence-corrected chi connectivity index (χ0v) is 21.5. The lowest BCUT2D eigenvalue weighted by atomic mass is 10.0. The summed E-state index contributed by atoms with van der Waals surface area (Å²) in [7, 11) is 0. The molecule has 0 saturated carbocycles. The minimum Gasteiger partial charge on any atom is -0.469 e. The number of carbonyl (C=O) groups is 1. The third kappa shape index (κ3) is 4.99. The van der Waals surface area contributed by atoms with Crippen molar-refractivity contribution >= 4 is 28.8 Å². The van der Waals surface area contributed by atoms with E-state index in [0.717, 1.165) is 21.6 Å². The SMILES string of the molecule is O=C(c1ccc(-c2cc(-c3ccnc(O[C@@H]4CO[C@H]5[C@@H]4OC[C@H]5O)c3)cs2)c(Cl)c1)N1CCC(O)CC1. The molecule has 3 aliphatic heterocycles. The Bertz CT molecular complexity index is 1290. The first-order valence-corrected chi connectivity index (χ1v) is 13.6. The number of pyridine rings is 1. The molecule has 194 valence electrons. The standard InChI is InChI=1S/C27H27ClN2O6S/c28-20-9-16(27(33)30-7-4-18(31)5-8-30)1-2-19(20)23-10-17(14-37-23)15-3-6-29-24(11-15)36-22-13-35-25-21(32)12-34-26(22)25/h1-3,6,9-11,14,18,21-22,25-26,31-32H,4-5,7-8,12-13H2/t21-,22-,25-,26-/m1/s1. The lowest BCUT2D eigenvalue weighted by Gasteiger charge is -2.29. The first-order valence-electron chi connectivity index (χ1n) is 12.4. The van der Waals surface area contributed by atoms with Crippen LogP contribution in [0.2, 0.25) is 5.02 Å². The van der Waals surface area contributed by atoms with Gasteiger partial charge in [-0.25, -0.2) is 4.98 Å². The Morgan fingerprint density at radius 3 is 2.68 bits per heavy atom. The molecular weight excluding hydrogens is 516 g/mol. The minimum absolute atomic E-state index is 0.0620. The Kier molecular flexibility index (Phi) is 6.91. The lowest BCUT2D eigenvalue weighted by Crippen LogP contribution is -2.40. The van der Waals surface area contributed by atoms with Gasteiger partial charge in [-0.3, -0.25) is 4.79 Å². The van der Waals surface area contributed by atoms with Crippen molar-refractivity contribution in [3.05, 3.63) is 58.6 Å². The van der Waals surface area contributed by atoms with E-state index < -0.39 is 6.10 Å². The van der Waals surface area contributed by atoms with E-state index in [-0.39, 0.29) is 36.9 Å². The average Bonchev–Trinajstić information content (AvgIpc) is 3.63. The predicted molar refractivity (Wildman–Crippen MR) is 139 cm³/mol. The number of hydrogen-bond donors (Lipinski definition) is 2. The van der Waals surface area contributed by atoms with Crippen LogP contribution in [0, 0.1) is 0 Å². The molecule has 3 fully saturated rings. The first-order chi connectivity index (χ1) is 18.0. The van der Waals surface area contributed by atoms with Crippen LogP contribution in [0.1, 0.15) is 23.2 Å². The third-order valence-corrected chi connectivity index (χ3v) is 8.43. The van der Waals surface area contributed by atoms with Gasteiger partial charge in [-0.1, -0.05) is 17.7 Å². The van der Waals surface area contributed by atoms with Gasteiger partial charge in [0.1, 0.15) is 18.3 Å². The van der Waals surface area contributed by atoms with Crippen molar-refractivity contribution in [2.45, 2.75) is 43.4 Å². The topological polar surface area (TPSA) is 101 Å². The Hall–Kier alpha value is -2.53. The fourth-order valence-electron chi connectivity index (χ4n) is 5.08. The molecule has 3 saturated heterocycles. The molecule has 2 N–H and O–H groups in total. The maximum atomic E-state index is 12.9. The van der Waals surface area contributed by atoms with Crippen molar-refractivity contribution < 1.29 is 29.2 Å². The maximum absolute atomic E-state index is 12.9. The van der Waals surface area contributed by atoms with Crippen LogP contribution in [-0.4, -0.2) is 82.8 Å². The molecule has 0 aliphatic carbocycles. The van der Waals surface area contributed by atoms with E-state index >= 15 is 0 Å². The summed E-state index contributed by atoms with van der Waals surface area (Å²) < 4.78 is 17.3. The number of rotatable bonds is 5. The van der Waals surface area contributed by atoms with Crippen LogP contribution in [0.25, 0.3) is 21.6 Å². The smallest absolute Gasteiger partial charge is 0.253 e. The molecule has 8 nitrogen and oxygen atoms in total. The fourth-order valence-corrected chi connectivity index (χ4v) is 6.38. The van der Waals surface area contributed by atoms with Crippen LogP contribution >= 0.6 is 22.9 Å². The van der Waals surface area contributed by atoms with Crippen LogP contribution in [0.15, 0.2) is 48.0 Å². The van der Waals surface area contributed by atoms with E-state index in [4.69, 9.17) is 25.8 Å². The minimum atomic E-state index is -0.625. The highest BCUT2D eigenvalue weighted by atomic mass is 35.5. The van der Waals surface area contributed by atoms with Gasteiger partial charge in [-0.05, 0) is 53.6 Å². The molecule has 0 unspecified atom stereocenters. The largest absolute Gasteiger partial charge is 0.469 e. The number of aromatic nitrogens is 1. The van der Waals surface area contributed by atoms with Crippen molar-refractivity contribution in [3.8, 4) is 27.4 Å². The predicted octanol–water partition coefficient (Wildman–Crippen LogP) is 3.63. The number of benzene rings is 1. The van der Waals surface area contributed by atoms with Gasteiger partial charge in [0.05, 0.1) is 24.3 Å². The molecular formula is C27H27ClN2O6S. The zero-order chi connectivity index (χ0) is 25.5. The Labute approximate surface area is 223 Å². The van der Waals surface area contributed by atoms with Crippen LogP contribution < -0.4 is 4.74 Å². The van der Waals surface area contributed by atoms with Gasteiger partial charge in [-0.15, -0.1) is 11.3 Å². The van der Waals surface area contributed by atoms with Gasteiger partial charge >= 0.3 is 0 Å². The molecule has 2 aromatic heterocycles. The normalized spacial score (nSPS) is 25.9. The van der Waals surface area contributed by atoms with Crippen molar-refractivity contribution in [1.82, 2.24) is 9.88 Å². The van der Waals surface area contributed by atoms with Crippen LogP contribution in [0.3, 0.4) is 0 Å². The summed E-state index contributed by atoms with van der Waals surface area (Å²) >= 11 is 8.19. The van der Waals surface area contributed by atoms with E-state index in [2.05, 4.69) is 11.1 Å². The van der Waals surface area contributed by atoms with E-state index in [1.54, 1.807) is 28.5 Å². The summed E-state index contributed by atoms with van der Waals surface area (Å²) in [5.74, 6) is 0.406. The van der Waals surface area contributed by atoms with Crippen LogP contribution in [0.4, 0.5) is 0 Å². The van der Waals surface area contributed by atoms with E-state index in [1.165, 1.54) is 0 Å². The number of aliphatic hydroxyl groups is 2. The van der Waals surface area contributed by atoms with Crippen molar-refractivity contribution in [3.63, 3.8) is 0 Å². The van der Waals surface area contributed by atoms with Crippen molar-refractivity contribution in [1.29, 1.82) is 0 Å². The number of amides is 1. The summed E-state index contributed by atoms with van der Waals surface area (Å²) in [4.78, 5) is 20.0. The highest BCUT2D eigenvalue weighted by molar-refractivity contribution is 7.14. The molecule has 3 aliphatic rings. The van der Waals surface area contributed by atoms with Gasteiger partial charge in [-0.2, -0.15) is 0 Å². The molecule has 0 bridgehead atoms. The van der Waals surface area contributed by atoms with Crippen LogP contribution in [-0.2, 0) is 9.47 Å². The summed E-state index contributed by atoms with van der Waals surface area (Å²) in [5.41, 5.74) is 3.36. The Morgan fingerprint density at radius 2 is 1.86 bits per heavy atom. The summed E-state index contributed by atoms with van der Waals surface area (Å²) in [6.07, 6.45) is 0.974. The molecule has 3 aromatic rings. The maximum Gasteiger partial charge on any atom is 0.253 e. The quantitative estimate of drug-likeness (QED) is 0.507. The molecule has 5 heterocycles. The molecule has 1 amide bonds. The monoisotopic (exact) mass is 542 g/mol. The molecule has 0 radical (unpaired) electrons. The van der Waals surface area contributed by atoms with E-state index in [0.29, 0.717) is 49.0 Å². The molecule has 1 aromatic carbocycles. The van der Waals surface area contributed by atoms with Gasteiger partial charge in [0.25, 0.3) is 5.91 Å². The number of piperidine rings is 1. The second-order valence-electron chi connectivity index (χ2n) is 9.62. The molecule has 10 heteroatoms. The first kappa shape index (κ1) is 24.8. The van der Waals surface area contributed by atoms with E-state index in [9.17, 15) is 15.0 Å². The number of fused-ring (bicyclic) bond motifs is 1. The molecule has 37 heavy (non-hydrogen) atoms. The fraction of sp³-hybridized carbons (Fsp3) is 0.407. The number of aliphatic hydroxyl groups excluding tert-OH is 2. The summed E-state index contributed by atoms with van der Waals surface area (Å²) in [6.45, 7) is 1.70. The number of nitrogens with zero attached hydrogens (tertiary/aromatic N) is 2. The van der Waals surface area contributed by atoms with Crippen molar-refractivity contribution in [2.75, 3.05) is 26.3 Å². The molecule has 0 spiro atoms. The lowest BCUT2D eigenvalue weighted by molar-refractivity contribution is 0.00781. The number of ether oxygens (including phenoxy) is 3. The van der Waals surface area contributed by atoms with Crippen LogP contribution in [0.5, 0.6) is 5.88 Å². The van der Waals surface area contributed by atoms with Gasteiger partial charge in [0.15, 0.2) is 6.10 Å². The number of hydrogen-bond acceptors (Lipinski definition) is 8. The zero-order valence-electron chi connectivity index (χ0n) is 20.0. The van der Waals surface area contributed by atoms with E-state index in [1.807, 2.05) is 29.6 Å². The Balaban J connectivity index is 1.16. The second kappa shape index (κ2) is 10.3. The second-order valence-corrected chi connectivity index (χ2v) is 10.9. The third-order valence-electron chi connectivity index (χ3n) is 7.15. The number of carbonyl (C=O) groups excluding carboxylic acids is 1. The summed E-state index contributed by atoms with van der Waals surface area (Å²) in [5, 5.41) is 22.2. The highest BCUT2D eigenvalue weighted by Crippen LogP contribution is 2.38.